The summed E-state index contributed by atoms with van der Waals surface area (Å²) in [5.41, 5.74) is 0. The van der Waals surface area contributed by atoms with Gasteiger partial charge in [-0.1, -0.05) is 0 Å². The van der Waals surface area contributed by atoms with Crippen molar-refractivity contribution in [2.45, 2.75) is 26.4 Å². The van der Waals surface area contributed by atoms with Crippen LogP contribution in [-0.4, -0.2) is 94.2 Å². The number of carbonyl (C=O) groups excluding carboxylic acids is 4. The number of rotatable bonds is 3. The van der Waals surface area contributed by atoms with Crippen LogP contribution >= 0.6 is 0 Å². The molecule has 0 aliphatic carbocycles. The molecule has 0 aliphatic heterocycles. The summed E-state index contributed by atoms with van der Waals surface area (Å²) in [5, 5.41) is 9.01. The quantitative estimate of drug-likeness (QED) is 0.345. The molecule has 0 amide bonds. The second kappa shape index (κ2) is 11.3. The monoisotopic (exact) mass is 266 g/mol. The maximum absolute atomic E-state index is 10.8. The van der Waals surface area contributed by atoms with E-state index < -0.39 is 36.4 Å². The number of carbonyl (C=O) groups is 4. The van der Waals surface area contributed by atoms with Gasteiger partial charge in [-0.05, 0) is 0 Å². The van der Waals surface area contributed by atoms with Crippen LogP contribution in [0.2, 0.25) is 0 Å². The average molecular weight is 266 g/mol. The summed E-state index contributed by atoms with van der Waals surface area (Å²) < 4.78 is 8.04. The topological polar surface area (TPSA) is 107 Å². The van der Waals surface area contributed by atoms with Gasteiger partial charge in [-0.3, -0.25) is 14.4 Å². The number of ether oxygens (including phenoxy) is 2. The molecule has 9 heteroatoms. The van der Waals surface area contributed by atoms with E-state index in [0.717, 1.165) is 13.8 Å². The Bertz CT molecular complexity index is 302. The maximum atomic E-state index is 10.8. The van der Waals surface area contributed by atoms with Gasteiger partial charge in [0.05, 0.1) is 6.42 Å². The molecule has 0 rings (SSSR count). The first-order valence-corrected chi connectivity index (χ1v) is 3.94. The first kappa shape index (κ1) is 22.4. The van der Waals surface area contributed by atoms with Gasteiger partial charge in [-0.2, -0.15) is 0 Å². The molecule has 0 heterocycles. The normalized spacial score (nSPS) is 10.1. The van der Waals surface area contributed by atoms with E-state index in [2.05, 4.69) is 9.47 Å². The zero-order valence-corrected chi connectivity index (χ0v) is 8.18. The predicted molar refractivity (Wildman–Crippen MR) is 58.5 cm³/mol. The molecule has 88 valence electrons. The molecule has 0 bridgehead atoms. The van der Waals surface area contributed by atoms with Crippen LogP contribution in [0.15, 0.2) is 0 Å². The Balaban J connectivity index is -0.000000980. The molecule has 1 unspecified atom stereocenters. The van der Waals surface area contributed by atoms with Crippen molar-refractivity contribution in [1.82, 2.24) is 0 Å². The number of aliphatic hydroxyl groups is 1. The van der Waals surface area contributed by atoms with Gasteiger partial charge in [0.15, 0.2) is 6.10 Å². The standard InChI is InChI=1S/C8H10O7.2Na.2H/c1-4(9)14-7(12)3-6(11)8(13)15-5(2)10;;;;/h6,11H,3H2,1-2H3;;;;. The number of hydrogen-bond acceptors (Lipinski definition) is 7. The Morgan fingerprint density at radius 2 is 1.41 bits per heavy atom. The van der Waals surface area contributed by atoms with Crippen molar-refractivity contribution in [3.63, 3.8) is 0 Å². The molecule has 0 saturated heterocycles. The minimum atomic E-state index is -1.82. The Morgan fingerprint density at radius 1 is 1.00 bits per heavy atom. The third-order valence-electron chi connectivity index (χ3n) is 1.13. The zero-order chi connectivity index (χ0) is 12.0. The Morgan fingerprint density at radius 3 is 1.76 bits per heavy atom. The van der Waals surface area contributed by atoms with Gasteiger partial charge in [0.25, 0.3) is 0 Å². The van der Waals surface area contributed by atoms with Crippen LogP contribution in [0.3, 0.4) is 0 Å². The second-order valence-electron chi connectivity index (χ2n) is 2.60. The van der Waals surface area contributed by atoms with Crippen molar-refractivity contribution in [2.75, 3.05) is 0 Å². The average Bonchev–Trinajstić information content (AvgIpc) is 2.00. The van der Waals surface area contributed by atoms with Crippen LogP contribution in [0.25, 0.3) is 0 Å². The molecule has 0 spiro atoms. The number of aliphatic hydroxyl groups excluding tert-OH is 1. The van der Waals surface area contributed by atoms with E-state index in [-0.39, 0.29) is 59.1 Å². The van der Waals surface area contributed by atoms with Crippen LogP contribution in [0, 0.1) is 0 Å². The molecule has 1 atom stereocenters. The molecule has 0 radical (unpaired) electrons. The Hall–Kier alpha value is 0.240. The van der Waals surface area contributed by atoms with Crippen molar-refractivity contribution < 1.29 is 33.8 Å². The summed E-state index contributed by atoms with van der Waals surface area (Å²) in [6.45, 7) is 1.97. The van der Waals surface area contributed by atoms with Crippen molar-refractivity contribution in [3.05, 3.63) is 0 Å². The Kier molecular flexibility index (Phi) is 15.0. The molecule has 0 aliphatic rings. The summed E-state index contributed by atoms with van der Waals surface area (Å²) in [6, 6.07) is 0. The summed E-state index contributed by atoms with van der Waals surface area (Å²) in [4.78, 5) is 42.1. The van der Waals surface area contributed by atoms with E-state index in [1.165, 1.54) is 0 Å². The molecule has 0 saturated carbocycles. The van der Waals surface area contributed by atoms with Gasteiger partial charge in [-0.15, -0.1) is 0 Å². The van der Waals surface area contributed by atoms with Gasteiger partial charge in [0, 0.05) is 13.8 Å². The van der Waals surface area contributed by atoms with Crippen molar-refractivity contribution in [1.29, 1.82) is 0 Å². The van der Waals surface area contributed by atoms with E-state index in [1.54, 1.807) is 0 Å². The van der Waals surface area contributed by atoms with Crippen LogP contribution in [-0.2, 0) is 28.7 Å². The molecular weight excluding hydrogens is 254 g/mol. The van der Waals surface area contributed by atoms with E-state index in [1.807, 2.05) is 0 Å². The molecule has 0 aromatic heterocycles. The van der Waals surface area contributed by atoms with E-state index >= 15 is 0 Å². The fourth-order valence-corrected chi connectivity index (χ4v) is 0.653. The van der Waals surface area contributed by atoms with Crippen molar-refractivity contribution in [2.24, 2.45) is 0 Å². The molecular formula is C8H12Na2O7. The van der Waals surface area contributed by atoms with E-state index in [9.17, 15) is 19.2 Å². The minimum absolute atomic E-state index is 0. The summed E-state index contributed by atoms with van der Waals surface area (Å²) in [6.07, 6.45) is -2.56. The van der Waals surface area contributed by atoms with Crippen LogP contribution in [0.1, 0.15) is 20.3 Å². The van der Waals surface area contributed by atoms with Crippen LogP contribution in [0.5, 0.6) is 0 Å². The van der Waals surface area contributed by atoms with Gasteiger partial charge in [0.1, 0.15) is 0 Å². The van der Waals surface area contributed by atoms with Crippen LogP contribution < -0.4 is 0 Å². The molecule has 7 nitrogen and oxygen atoms in total. The fourth-order valence-electron chi connectivity index (χ4n) is 0.653. The molecule has 0 aromatic rings. The van der Waals surface area contributed by atoms with Gasteiger partial charge in [0.2, 0.25) is 0 Å². The molecule has 1 N–H and O–H groups in total. The fraction of sp³-hybridized carbons (Fsp3) is 0.500. The summed E-state index contributed by atoms with van der Waals surface area (Å²) in [5.74, 6) is -4.09. The van der Waals surface area contributed by atoms with Crippen molar-refractivity contribution >= 4 is 83.0 Å². The zero-order valence-electron chi connectivity index (χ0n) is 8.18. The van der Waals surface area contributed by atoms with Crippen LogP contribution in [0.4, 0.5) is 0 Å². The summed E-state index contributed by atoms with van der Waals surface area (Å²) >= 11 is 0. The third-order valence-corrected chi connectivity index (χ3v) is 1.13. The third kappa shape index (κ3) is 12.5. The van der Waals surface area contributed by atoms with Gasteiger partial charge in [-0.25, -0.2) is 4.79 Å². The molecule has 0 aromatic carbocycles. The molecule has 17 heavy (non-hydrogen) atoms. The second-order valence-corrected chi connectivity index (χ2v) is 2.60. The van der Waals surface area contributed by atoms with Crippen molar-refractivity contribution in [3.8, 4) is 0 Å². The molecule has 0 fully saturated rings. The predicted octanol–water partition coefficient (Wildman–Crippen LogP) is -2.38. The first-order chi connectivity index (χ1) is 6.82. The van der Waals surface area contributed by atoms with E-state index in [0.29, 0.717) is 0 Å². The SMILES string of the molecule is CC(=O)OC(=O)CC(O)C(=O)OC(C)=O.[NaH].[NaH]. The summed E-state index contributed by atoms with van der Waals surface area (Å²) in [7, 11) is 0. The van der Waals surface area contributed by atoms with Gasteiger partial charge < -0.3 is 14.6 Å². The number of esters is 4. The first-order valence-electron chi connectivity index (χ1n) is 3.94. The van der Waals surface area contributed by atoms with Gasteiger partial charge >= 0.3 is 83.0 Å². The number of hydrogen-bond donors (Lipinski definition) is 1. The Labute approximate surface area is 142 Å². The van der Waals surface area contributed by atoms with E-state index in [4.69, 9.17) is 5.11 Å².